The first-order valence-electron chi connectivity index (χ1n) is 5.21. The molecule has 0 aromatic rings. The summed E-state index contributed by atoms with van der Waals surface area (Å²) in [4.78, 5) is 0. The topological polar surface area (TPSA) is 30.5 Å². The van der Waals surface area contributed by atoms with Gasteiger partial charge in [0, 0.05) is 18.0 Å². The molecule has 1 N–H and O–H groups in total. The third kappa shape index (κ3) is 2.22. The van der Waals surface area contributed by atoms with Crippen LogP contribution >= 0.6 is 0 Å². The van der Waals surface area contributed by atoms with E-state index >= 15 is 0 Å². The summed E-state index contributed by atoms with van der Waals surface area (Å²) >= 11 is 0. The molecule has 76 valence electrons. The molecule has 2 rings (SSSR count). The van der Waals surface area contributed by atoms with Crippen molar-refractivity contribution in [2.45, 2.75) is 44.9 Å². The fraction of sp³-hybridized carbons (Fsp3) is 1.00. The summed E-state index contributed by atoms with van der Waals surface area (Å²) in [7, 11) is 0. The van der Waals surface area contributed by atoms with Crippen molar-refractivity contribution in [3.63, 3.8) is 0 Å². The lowest BCUT2D eigenvalue weighted by molar-refractivity contribution is -0.159. The van der Waals surface area contributed by atoms with E-state index in [9.17, 15) is 0 Å². The zero-order valence-corrected chi connectivity index (χ0v) is 8.45. The van der Waals surface area contributed by atoms with E-state index in [1.807, 2.05) is 0 Å². The van der Waals surface area contributed by atoms with Gasteiger partial charge in [0.05, 0.1) is 12.7 Å². The summed E-state index contributed by atoms with van der Waals surface area (Å²) in [6.45, 7) is 5.77. The zero-order valence-electron chi connectivity index (χ0n) is 8.45. The van der Waals surface area contributed by atoms with Gasteiger partial charge in [0.2, 0.25) is 0 Å². The molecule has 3 atom stereocenters. The summed E-state index contributed by atoms with van der Waals surface area (Å²) in [5.41, 5.74) is 0. The van der Waals surface area contributed by atoms with E-state index in [1.54, 1.807) is 0 Å². The molecule has 13 heavy (non-hydrogen) atoms. The fourth-order valence-electron chi connectivity index (χ4n) is 2.41. The van der Waals surface area contributed by atoms with Gasteiger partial charge in [0.1, 0.15) is 6.79 Å². The minimum Gasteiger partial charge on any atom is -0.355 e. The van der Waals surface area contributed by atoms with E-state index < -0.39 is 0 Å². The molecule has 0 spiro atoms. The van der Waals surface area contributed by atoms with Crippen molar-refractivity contribution in [1.82, 2.24) is 5.32 Å². The van der Waals surface area contributed by atoms with E-state index in [0.29, 0.717) is 30.9 Å². The molecule has 1 aliphatic carbocycles. The number of fused-ring (bicyclic) bond motifs is 1. The number of ether oxygens (including phenoxy) is 2. The average molecular weight is 185 g/mol. The van der Waals surface area contributed by atoms with Crippen molar-refractivity contribution in [3.05, 3.63) is 0 Å². The van der Waals surface area contributed by atoms with Gasteiger partial charge in [-0.15, -0.1) is 0 Å². The Bertz CT molecular complexity index is 158. The Hall–Kier alpha value is -0.120. The van der Waals surface area contributed by atoms with Crippen LogP contribution in [0.15, 0.2) is 0 Å². The van der Waals surface area contributed by atoms with E-state index in [1.165, 1.54) is 6.42 Å². The number of nitrogens with one attached hydrogen (secondary N) is 1. The largest absolute Gasteiger partial charge is 0.355 e. The maximum absolute atomic E-state index is 5.55. The first-order valence-corrected chi connectivity index (χ1v) is 5.21. The van der Waals surface area contributed by atoms with E-state index in [2.05, 4.69) is 19.2 Å². The summed E-state index contributed by atoms with van der Waals surface area (Å²) in [6.07, 6.45) is 2.82. The molecule has 2 aliphatic rings. The highest BCUT2D eigenvalue weighted by Crippen LogP contribution is 2.31. The second-order valence-corrected chi connectivity index (χ2v) is 4.44. The first-order chi connectivity index (χ1) is 6.25. The quantitative estimate of drug-likeness (QED) is 0.699. The predicted molar refractivity (Wildman–Crippen MR) is 50.5 cm³/mol. The maximum Gasteiger partial charge on any atom is 0.147 e. The Kier molecular flexibility index (Phi) is 2.86. The van der Waals surface area contributed by atoms with Crippen LogP contribution in [0.25, 0.3) is 0 Å². The Morgan fingerprint density at radius 2 is 2.15 bits per heavy atom. The Labute approximate surface area is 79.8 Å². The van der Waals surface area contributed by atoms with Crippen LogP contribution in [0.1, 0.15) is 26.7 Å². The molecule has 0 amide bonds. The van der Waals surface area contributed by atoms with E-state index in [4.69, 9.17) is 9.47 Å². The monoisotopic (exact) mass is 185 g/mol. The van der Waals surface area contributed by atoms with Crippen LogP contribution in [0.2, 0.25) is 0 Å². The second kappa shape index (κ2) is 3.95. The van der Waals surface area contributed by atoms with Crippen molar-refractivity contribution >= 4 is 0 Å². The number of hydrogen-bond donors (Lipinski definition) is 1. The van der Waals surface area contributed by atoms with Crippen LogP contribution in [0.3, 0.4) is 0 Å². The maximum atomic E-state index is 5.55. The molecule has 1 heterocycles. The Morgan fingerprint density at radius 1 is 1.31 bits per heavy atom. The van der Waals surface area contributed by atoms with Crippen LogP contribution in [0.5, 0.6) is 0 Å². The van der Waals surface area contributed by atoms with Crippen molar-refractivity contribution in [2.75, 3.05) is 13.4 Å². The first kappa shape index (κ1) is 9.44. The van der Waals surface area contributed by atoms with Gasteiger partial charge < -0.3 is 14.8 Å². The lowest BCUT2D eigenvalue weighted by Crippen LogP contribution is -2.33. The molecule has 3 heteroatoms. The molecule has 1 saturated heterocycles. The van der Waals surface area contributed by atoms with Crippen LogP contribution in [-0.4, -0.2) is 31.6 Å². The van der Waals surface area contributed by atoms with Gasteiger partial charge in [-0.3, -0.25) is 0 Å². The fourth-order valence-corrected chi connectivity index (χ4v) is 2.41. The molecule has 0 aromatic heterocycles. The molecule has 3 nitrogen and oxygen atoms in total. The van der Waals surface area contributed by atoms with Gasteiger partial charge >= 0.3 is 0 Å². The van der Waals surface area contributed by atoms with Crippen LogP contribution in [-0.2, 0) is 9.47 Å². The second-order valence-electron chi connectivity index (χ2n) is 4.44. The molecule has 0 aromatic carbocycles. The normalized spacial score (nSPS) is 39.5. The highest BCUT2D eigenvalue weighted by atomic mass is 16.7. The van der Waals surface area contributed by atoms with Crippen LogP contribution < -0.4 is 5.32 Å². The van der Waals surface area contributed by atoms with Gasteiger partial charge in [-0.25, -0.2) is 0 Å². The summed E-state index contributed by atoms with van der Waals surface area (Å²) in [6, 6.07) is 1.21. The summed E-state index contributed by atoms with van der Waals surface area (Å²) in [5.74, 6) is 0.630. The Morgan fingerprint density at radius 3 is 2.85 bits per heavy atom. The van der Waals surface area contributed by atoms with Crippen molar-refractivity contribution in [1.29, 1.82) is 0 Å². The third-order valence-corrected chi connectivity index (χ3v) is 2.90. The predicted octanol–water partition coefficient (Wildman–Crippen LogP) is 1.14. The third-order valence-electron chi connectivity index (χ3n) is 2.90. The highest BCUT2D eigenvalue weighted by Gasteiger charge is 2.37. The molecular formula is C10H19NO2. The van der Waals surface area contributed by atoms with Gasteiger partial charge in [-0.05, 0) is 12.8 Å². The van der Waals surface area contributed by atoms with Crippen molar-refractivity contribution < 1.29 is 9.47 Å². The minimum atomic E-state index is 0.449. The minimum absolute atomic E-state index is 0.449. The standard InChI is InChI=1S/C10H19NO2/c1-7(2)11-9-3-8-5-12-6-13-10(8)4-9/h7-11H,3-6H2,1-2H3. The van der Waals surface area contributed by atoms with Gasteiger partial charge in [-0.2, -0.15) is 0 Å². The SMILES string of the molecule is CC(C)NC1CC2COCOC2C1. The molecule has 1 saturated carbocycles. The molecular weight excluding hydrogens is 166 g/mol. The Balaban J connectivity index is 1.84. The lowest BCUT2D eigenvalue weighted by Gasteiger charge is -2.25. The smallest absolute Gasteiger partial charge is 0.147 e. The number of hydrogen-bond acceptors (Lipinski definition) is 3. The van der Waals surface area contributed by atoms with Crippen LogP contribution in [0, 0.1) is 5.92 Å². The van der Waals surface area contributed by atoms with Crippen molar-refractivity contribution in [2.24, 2.45) is 5.92 Å². The molecule has 1 aliphatic heterocycles. The molecule has 2 fully saturated rings. The number of rotatable bonds is 2. The van der Waals surface area contributed by atoms with Crippen LogP contribution in [0.4, 0.5) is 0 Å². The molecule has 0 radical (unpaired) electrons. The average Bonchev–Trinajstić information content (AvgIpc) is 2.44. The van der Waals surface area contributed by atoms with Gasteiger partial charge in [-0.1, -0.05) is 13.8 Å². The highest BCUT2D eigenvalue weighted by molar-refractivity contribution is 4.89. The lowest BCUT2D eigenvalue weighted by atomic mass is 10.1. The molecule has 3 unspecified atom stereocenters. The van der Waals surface area contributed by atoms with Gasteiger partial charge in [0.25, 0.3) is 0 Å². The summed E-state index contributed by atoms with van der Waals surface area (Å²) in [5, 5.41) is 3.56. The summed E-state index contributed by atoms with van der Waals surface area (Å²) < 4.78 is 10.8. The zero-order chi connectivity index (χ0) is 9.26. The van der Waals surface area contributed by atoms with Crippen molar-refractivity contribution in [3.8, 4) is 0 Å². The van der Waals surface area contributed by atoms with E-state index in [-0.39, 0.29) is 0 Å². The van der Waals surface area contributed by atoms with E-state index in [0.717, 1.165) is 13.0 Å². The van der Waals surface area contributed by atoms with Gasteiger partial charge in [0.15, 0.2) is 0 Å². The molecule has 0 bridgehead atoms.